The third-order valence-electron chi connectivity index (χ3n) is 3.00. The van der Waals surface area contributed by atoms with Gasteiger partial charge in [0.2, 0.25) is 0 Å². The summed E-state index contributed by atoms with van der Waals surface area (Å²) in [5.41, 5.74) is 1.99. The fraction of sp³-hybridized carbons (Fsp3) is 0.214. The summed E-state index contributed by atoms with van der Waals surface area (Å²) in [4.78, 5) is 4.35. The van der Waals surface area contributed by atoms with Gasteiger partial charge in [-0.15, -0.1) is 0 Å². The predicted molar refractivity (Wildman–Crippen MR) is 78.0 cm³/mol. The summed E-state index contributed by atoms with van der Waals surface area (Å²) in [6.07, 6.45) is 9.04. The summed E-state index contributed by atoms with van der Waals surface area (Å²) in [6.45, 7) is 1.27. The second-order valence-electron chi connectivity index (χ2n) is 4.54. The molecule has 0 atom stereocenters. The maximum atomic E-state index is 8.85. The molecule has 0 unspecified atom stereocenters. The minimum atomic E-state index is 0.0906. The third-order valence-corrected chi connectivity index (χ3v) is 3.00. The van der Waals surface area contributed by atoms with Gasteiger partial charge < -0.3 is 10.4 Å². The molecule has 0 aliphatic rings. The van der Waals surface area contributed by atoms with Gasteiger partial charge in [-0.1, -0.05) is 0 Å². The molecule has 3 aromatic rings. The lowest BCUT2D eigenvalue weighted by Gasteiger charge is -2.05. The van der Waals surface area contributed by atoms with E-state index in [4.69, 9.17) is 5.11 Å². The first kappa shape index (κ1) is 13.3. The maximum absolute atomic E-state index is 8.85. The minimum Gasteiger partial charge on any atom is -0.394 e. The summed E-state index contributed by atoms with van der Waals surface area (Å²) in [5.74, 6) is 0.779. The molecule has 0 amide bonds. The summed E-state index contributed by atoms with van der Waals surface area (Å²) in [5, 5.41) is 20.4. The Bertz CT molecular complexity index is 674. The van der Waals surface area contributed by atoms with Crippen molar-refractivity contribution in [2.75, 3.05) is 11.9 Å². The van der Waals surface area contributed by atoms with Gasteiger partial charge in [0, 0.05) is 30.7 Å². The van der Waals surface area contributed by atoms with Gasteiger partial charge in [0.25, 0.3) is 0 Å². The van der Waals surface area contributed by atoms with Crippen molar-refractivity contribution in [1.29, 1.82) is 0 Å². The number of aliphatic hydroxyl groups excluding tert-OH is 1. The fourth-order valence-corrected chi connectivity index (χ4v) is 1.96. The second kappa shape index (κ2) is 6.19. The van der Waals surface area contributed by atoms with Crippen LogP contribution in [0.1, 0.15) is 5.56 Å². The molecule has 21 heavy (non-hydrogen) atoms. The molecule has 2 N–H and O–H groups in total. The molecule has 0 spiro atoms. The average Bonchev–Trinajstić information content (AvgIpc) is 3.18. The highest BCUT2D eigenvalue weighted by atomic mass is 16.3. The zero-order valence-corrected chi connectivity index (χ0v) is 11.4. The Morgan fingerprint density at radius 2 is 2.14 bits per heavy atom. The number of nitrogens with one attached hydrogen (secondary N) is 1. The molecule has 0 aliphatic carbocycles. The number of pyridine rings is 1. The molecule has 0 aromatic carbocycles. The lowest BCUT2D eigenvalue weighted by Crippen LogP contribution is -2.03. The van der Waals surface area contributed by atoms with Crippen molar-refractivity contribution in [1.82, 2.24) is 24.5 Å². The van der Waals surface area contributed by atoms with Crippen LogP contribution in [-0.4, -0.2) is 36.3 Å². The molecule has 0 saturated carbocycles. The summed E-state index contributed by atoms with van der Waals surface area (Å²) in [6, 6.07) is 5.73. The Labute approximate surface area is 121 Å². The first-order valence-corrected chi connectivity index (χ1v) is 6.67. The topological polar surface area (TPSA) is 80.8 Å². The zero-order valence-electron chi connectivity index (χ0n) is 11.4. The molecular formula is C14H16N6O. The van der Waals surface area contributed by atoms with Crippen molar-refractivity contribution in [3.05, 3.63) is 54.7 Å². The number of rotatable bonds is 6. The van der Waals surface area contributed by atoms with Gasteiger partial charge in [0.05, 0.1) is 31.2 Å². The van der Waals surface area contributed by atoms with Crippen LogP contribution >= 0.6 is 0 Å². The van der Waals surface area contributed by atoms with Gasteiger partial charge >= 0.3 is 0 Å². The molecule has 3 aromatic heterocycles. The lowest BCUT2D eigenvalue weighted by atomic mass is 10.3. The molecule has 108 valence electrons. The van der Waals surface area contributed by atoms with Crippen LogP contribution in [0.15, 0.2) is 49.2 Å². The maximum Gasteiger partial charge on any atom is 0.153 e. The molecule has 3 heterocycles. The fourth-order valence-electron chi connectivity index (χ4n) is 1.96. The monoisotopic (exact) mass is 284 g/mol. The van der Waals surface area contributed by atoms with Crippen molar-refractivity contribution in [2.24, 2.45) is 0 Å². The quantitative estimate of drug-likeness (QED) is 0.707. The zero-order chi connectivity index (χ0) is 14.5. The van der Waals surface area contributed by atoms with Gasteiger partial charge in [-0.3, -0.25) is 4.68 Å². The summed E-state index contributed by atoms with van der Waals surface area (Å²) in [7, 11) is 0. The van der Waals surface area contributed by atoms with E-state index in [9.17, 15) is 0 Å². The molecular weight excluding hydrogens is 268 g/mol. The number of anilines is 1. The molecule has 0 bridgehead atoms. The Morgan fingerprint density at radius 3 is 2.86 bits per heavy atom. The van der Waals surface area contributed by atoms with E-state index in [1.54, 1.807) is 28.0 Å². The van der Waals surface area contributed by atoms with Crippen LogP contribution < -0.4 is 5.32 Å². The van der Waals surface area contributed by atoms with Crippen LogP contribution in [0.25, 0.3) is 5.82 Å². The normalized spacial score (nSPS) is 10.7. The van der Waals surface area contributed by atoms with Crippen molar-refractivity contribution in [3.63, 3.8) is 0 Å². The summed E-state index contributed by atoms with van der Waals surface area (Å²) < 4.78 is 3.43. The Kier molecular flexibility index (Phi) is 3.92. The first-order chi connectivity index (χ1) is 10.3. The number of hydrogen-bond acceptors (Lipinski definition) is 5. The standard InChI is InChI=1S/C14H16N6O/c21-7-6-19-11-12(9-18-19)8-15-13-2-3-14(16-10-13)20-5-1-4-17-20/h1-5,9-11,15,21H,6-8H2. The van der Waals surface area contributed by atoms with Crippen LogP contribution in [0.5, 0.6) is 0 Å². The number of aliphatic hydroxyl groups is 1. The van der Waals surface area contributed by atoms with Crippen molar-refractivity contribution in [2.45, 2.75) is 13.1 Å². The van der Waals surface area contributed by atoms with Gasteiger partial charge in [-0.05, 0) is 18.2 Å². The van der Waals surface area contributed by atoms with E-state index in [1.807, 2.05) is 30.6 Å². The number of aromatic nitrogens is 5. The van der Waals surface area contributed by atoms with Crippen LogP contribution in [0.3, 0.4) is 0 Å². The van der Waals surface area contributed by atoms with E-state index in [0.717, 1.165) is 17.1 Å². The van der Waals surface area contributed by atoms with Crippen LogP contribution in [0.2, 0.25) is 0 Å². The van der Waals surface area contributed by atoms with Gasteiger partial charge in [0.15, 0.2) is 5.82 Å². The Morgan fingerprint density at radius 1 is 1.19 bits per heavy atom. The highest BCUT2D eigenvalue weighted by Crippen LogP contribution is 2.10. The van der Waals surface area contributed by atoms with Crippen molar-refractivity contribution in [3.8, 4) is 5.82 Å². The molecule has 3 rings (SSSR count). The van der Waals surface area contributed by atoms with E-state index in [2.05, 4.69) is 20.5 Å². The smallest absolute Gasteiger partial charge is 0.153 e. The first-order valence-electron chi connectivity index (χ1n) is 6.67. The predicted octanol–water partition coefficient (Wildman–Crippen LogP) is 1.07. The van der Waals surface area contributed by atoms with E-state index in [0.29, 0.717) is 13.1 Å². The van der Waals surface area contributed by atoms with E-state index in [1.165, 1.54) is 0 Å². The highest BCUT2D eigenvalue weighted by Gasteiger charge is 2.00. The molecule has 7 heteroatoms. The third kappa shape index (κ3) is 3.26. The number of hydrogen-bond donors (Lipinski definition) is 2. The number of nitrogens with zero attached hydrogens (tertiary/aromatic N) is 5. The van der Waals surface area contributed by atoms with Gasteiger partial charge in [0.1, 0.15) is 0 Å². The Hall–Kier alpha value is -2.67. The SMILES string of the molecule is OCCn1cc(CNc2ccc(-n3cccn3)nc2)cn1. The van der Waals surface area contributed by atoms with E-state index in [-0.39, 0.29) is 6.61 Å². The van der Waals surface area contributed by atoms with Crippen molar-refractivity contribution >= 4 is 5.69 Å². The minimum absolute atomic E-state index is 0.0906. The largest absolute Gasteiger partial charge is 0.394 e. The highest BCUT2D eigenvalue weighted by molar-refractivity contribution is 5.43. The Balaban J connectivity index is 1.60. The molecule has 7 nitrogen and oxygen atoms in total. The van der Waals surface area contributed by atoms with Gasteiger partial charge in [-0.25, -0.2) is 9.67 Å². The van der Waals surface area contributed by atoms with Crippen LogP contribution in [0, 0.1) is 0 Å². The van der Waals surface area contributed by atoms with Crippen LogP contribution in [0.4, 0.5) is 5.69 Å². The average molecular weight is 284 g/mol. The second-order valence-corrected chi connectivity index (χ2v) is 4.54. The lowest BCUT2D eigenvalue weighted by molar-refractivity contribution is 0.269. The molecule has 0 aliphatic heterocycles. The van der Waals surface area contributed by atoms with E-state index >= 15 is 0 Å². The van der Waals surface area contributed by atoms with Crippen LogP contribution in [-0.2, 0) is 13.1 Å². The molecule has 0 saturated heterocycles. The van der Waals surface area contributed by atoms with Gasteiger partial charge in [-0.2, -0.15) is 10.2 Å². The van der Waals surface area contributed by atoms with E-state index < -0.39 is 0 Å². The summed E-state index contributed by atoms with van der Waals surface area (Å²) >= 11 is 0. The van der Waals surface area contributed by atoms with Crippen molar-refractivity contribution < 1.29 is 5.11 Å². The molecule has 0 radical (unpaired) electrons. The molecule has 0 fully saturated rings.